The van der Waals surface area contributed by atoms with E-state index in [-0.39, 0.29) is 29.1 Å². The molecule has 0 aromatic carbocycles. The van der Waals surface area contributed by atoms with Crippen molar-refractivity contribution in [3.63, 3.8) is 0 Å². The topological polar surface area (TPSA) is 47.9 Å². The molecule has 0 aromatic heterocycles. The van der Waals surface area contributed by atoms with Crippen LogP contribution in [-0.4, -0.2) is 35.3 Å². The molecule has 2 bridgehead atoms. The zero-order valence-electron chi connectivity index (χ0n) is 13.4. The molecule has 0 amide bonds. The van der Waals surface area contributed by atoms with Crippen molar-refractivity contribution in [1.82, 2.24) is 0 Å². The van der Waals surface area contributed by atoms with Crippen molar-refractivity contribution in [3.8, 4) is 0 Å². The van der Waals surface area contributed by atoms with Crippen LogP contribution in [0.3, 0.4) is 0 Å². The average molecular weight is 294 g/mol. The number of aliphatic hydroxyl groups is 1. The minimum absolute atomic E-state index is 0.0693. The molecular weight excluding hydrogens is 268 g/mol. The molecule has 0 unspecified atom stereocenters. The summed E-state index contributed by atoms with van der Waals surface area (Å²) in [5.74, 6) is 0.848. The van der Waals surface area contributed by atoms with Crippen LogP contribution in [0.25, 0.3) is 0 Å². The van der Waals surface area contributed by atoms with Gasteiger partial charge in [0.25, 0.3) is 0 Å². The second-order valence-corrected chi connectivity index (χ2v) is 8.01. The van der Waals surface area contributed by atoms with E-state index in [0.717, 1.165) is 25.0 Å². The quantitative estimate of drug-likeness (QED) is 0.746. The highest BCUT2D eigenvalue weighted by molar-refractivity contribution is 5.35. The van der Waals surface area contributed by atoms with E-state index in [1.54, 1.807) is 0 Å². The van der Waals surface area contributed by atoms with E-state index < -0.39 is 5.79 Å². The van der Waals surface area contributed by atoms with Gasteiger partial charge in [-0.1, -0.05) is 13.8 Å². The number of allylic oxidation sites excluding steroid dienone is 1. The van der Waals surface area contributed by atoms with E-state index in [9.17, 15) is 5.11 Å². The monoisotopic (exact) mass is 294 g/mol. The first-order valence-electron chi connectivity index (χ1n) is 8.19. The summed E-state index contributed by atoms with van der Waals surface area (Å²) in [6.07, 6.45) is 3.44. The van der Waals surface area contributed by atoms with Gasteiger partial charge in [-0.15, -0.1) is 0 Å². The molecule has 4 rings (SSSR count). The van der Waals surface area contributed by atoms with Crippen molar-refractivity contribution in [3.05, 3.63) is 11.3 Å². The number of aliphatic hydroxyl groups excluding tert-OH is 1. The minimum Gasteiger partial charge on any atom is -0.492 e. The highest BCUT2D eigenvalue weighted by Crippen LogP contribution is 2.63. The lowest BCUT2D eigenvalue weighted by Crippen LogP contribution is -2.57. The Morgan fingerprint density at radius 2 is 1.95 bits per heavy atom. The van der Waals surface area contributed by atoms with Crippen LogP contribution in [0.4, 0.5) is 0 Å². The second kappa shape index (κ2) is 4.03. The van der Waals surface area contributed by atoms with Gasteiger partial charge in [-0.05, 0) is 44.6 Å². The van der Waals surface area contributed by atoms with Gasteiger partial charge in [0, 0.05) is 11.8 Å². The number of rotatable bonds is 0. The van der Waals surface area contributed by atoms with Crippen LogP contribution in [0.15, 0.2) is 11.3 Å². The second-order valence-electron chi connectivity index (χ2n) is 8.01. The van der Waals surface area contributed by atoms with E-state index in [4.69, 9.17) is 14.2 Å². The Balaban J connectivity index is 1.79. The summed E-state index contributed by atoms with van der Waals surface area (Å²) < 4.78 is 18.7. The van der Waals surface area contributed by atoms with Crippen molar-refractivity contribution in [1.29, 1.82) is 0 Å². The van der Waals surface area contributed by atoms with Crippen LogP contribution in [0, 0.1) is 11.3 Å². The van der Waals surface area contributed by atoms with E-state index in [0.29, 0.717) is 13.0 Å². The fourth-order valence-electron chi connectivity index (χ4n) is 4.89. The molecular formula is C17H26O4. The highest BCUT2D eigenvalue weighted by atomic mass is 16.8. The summed E-state index contributed by atoms with van der Waals surface area (Å²) in [6, 6.07) is 0. The summed E-state index contributed by atoms with van der Waals surface area (Å²) in [5, 5.41) is 10.3. The molecule has 4 aliphatic rings. The maximum Gasteiger partial charge on any atom is 0.163 e. The molecule has 118 valence electrons. The molecule has 0 aromatic rings. The van der Waals surface area contributed by atoms with Crippen LogP contribution >= 0.6 is 0 Å². The number of hydrogen-bond donors (Lipinski definition) is 1. The lowest BCUT2D eigenvalue weighted by molar-refractivity contribution is -0.211. The standard InChI is InChI=1S/C17H26O4/c1-10-7-13-11(8-12(10)18)16(4)6-5-14(20-13)17(16)9-19-15(2,3)21-17/h10,12,14,18H,5-9H2,1-4H3/t10-,12-,14-,16-,17+/m1/s1. The third kappa shape index (κ3) is 1.67. The first kappa shape index (κ1) is 14.0. The van der Waals surface area contributed by atoms with Crippen LogP contribution in [-0.2, 0) is 14.2 Å². The van der Waals surface area contributed by atoms with E-state index in [1.807, 2.05) is 13.8 Å². The van der Waals surface area contributed by atoms with Crippen LogP contribution in [0.2, 0.25) is 0 Å². The zero-order chi connectivity index (χ0) is 15.0. The fourth-order valence-corrected chi connectivity index (χ4v) is 4.89. The van der Waals surface area contributed by atoms with Gasteiger partial charge >= 0.3 is 0 Å². The molecule has 5 atom stereocenters. The maximum absolute atomic E-state index is 10.3. The summed E-state index contributed by atoms with van der Waals surface area (Å²) in [4.78, 5) is 0. The average Bonchev–Trinajstić information content (AvgIpc) is 2.80. The summed E-state index contributed by atoms with van der Waals surface area (Å²) in [6.45, 7) is 8.94. The van der Waals surface area contributed by atoms with Gasteiger partial charge in [0.15, 0.2) is 5.79 Å². The summed E-state index contributed by atoms with van der Waals surface area (Å²) in [7, 11) is 0. The van der Waals surface area contributed by atoms with Gasteiger partial charge in [-0.3, -0.25) is 0 Å². The Kier molecular flexibility index (Phi) is 2.70. The normalized spacial score (nSPS) is 51.2. The van der Waals surface area contributed by atoms with Gasteiger partial charge in [-0.25, -0.2) is 0 Å². The highest BCUT2D eigenvalue weighted by Gasteiger charge is 2.69. The smallest absolute Gasteiger partial charge is 0.163 e. The van der Waals surface area contributed by atoms with E-state index >= 15 is 0 Å². The van der Waals surface area contributed by atoms with Gasteiger partial charge in [0.2, 0.25) is 0 Å². The summed E-state index contributed by atoms with van der Waals surface area (Å²) in [5.41, 5.74) is 0.832. The molecule has 1 saturated carbocycles. The number of hydrogen-bond acceptors (Lipinski definition) is 4. The fraction of sp³-hybridized carbons (Fsp3) is 0.882. The Bertz CT molecular complexity index is 511. The molecule has 1 saturated heterocycles. The zero-order valence-corrected chi connectivity index (χ0v) is 13.4. The lowest BCUT2D eigenvalue weighted by Gasteiger charge is -2.51. The van der Waals surface area contributed by atoms with Gasteiger partial charge in [0.05, 0.1) is 18.5 Å². The Morgan fingerprint density at radius 3 is 2.62 bits per heavy atom. The first-order chi connectivity index (χ1) is 9.77. The molecule has 1 spiro atoms. The Labute approximate surface area is 126 Å². The third-order valence-corrected chi connectivity index (χ3v) is 6.29. The molecule has 0 radical (unpaired) electrons. The Morgan fingerprint density at radius 1 is 1.19 bits per heavy atom. The molecule has 4 heteroatoms. The SMILES string of the molecule is C[C@@H]1CC2=C(C[C@H]1O)[C@@]1(C)CC[C@@H](O2)[C@@]12COC(C)(C)O2. The molecule has 4 nitrogen and oxygen atoms in total. The van der Waals surface area contributed by atoms with Crippen molar-refractivity contribution >= 4 is 0 Å². The van der Waals surface area contributed by atoms with Crippen molar-refractivity contribution in [2.75, 3.05) is 6.61 Å². The van der Waals surface area contributed by atoms with E-state index in [2.05, 4.69) is 13.8 Å². The van der Waals surface area contributed by atoms with E-state index in [1.165, 1.54) is 5.57 Å². The molecule has 2 aliphatic carbocycles. The molecule has 21 heavy (non-hydrogen) atoms. The summed E-state index contributed by atoms with van der Waals surface area (Å²) >= 11 is 0. The minimum atomic E-state index is -0.550. The van der Waals surface area contributed by atoms with Gasteiger partial charge in [0.1, 0.15) is 11.7 Å². The van der Waals surface area contributed by atoms with Crippen LogP contribution in [0.5, 0.6) is 0 Å². The predicted octanol–water partition coefficient (Wildman–Crippen LogP) is 2.75. The third-order valence-electron chi connectivity index (χ3n) is 6.29. The maximum atomic E-state index is 10.3. The molecule has 2 heterocycles. The van der Waals surface area contributed by atoms with Gasteiger partial charge in [-0.2, -0.15) is 0 Å². The van der Waals surface area contributed by atoms with Crippen molar-refractivity contribution < 1.29 is 19.3 Å². The largest absolute Gasteiger partial charge is 0.492 e. The van der Waals surface area contributed by atoms with Crippen molar-refractivity contribution in [2.24, 2.45) is 11.3 Å². The first-order valence-corrected chi connectivity index (χ1v) is 8.19. The predicted molar refractivity (Wildman–Crippen MR) is 77.5 cm³/mol. The molecule has 2 fully saturated rings. The number of fused-ring (bicyclic) bond motifs is 1. The lowest BCUT2D eigenvalue weighted by atomic mass is 9.64. The van der Waals surface area contributed by atoms with Crippen LogP contribution in [0.1, 0.15) is 53.4 Å². The molecule has 2 aliphatic heterocycles. The number of ether oxygens (including phenoxy) is 3. The Hall–Kier alpha value is -0.580. The van der Waals surface area contributed by atoms with Crippen molar-refractivity contribution in [2.45, 2.75) is 77.0 Å². The van der Waals surface area contributed by atoms with Crippen LogP contribution < -0.4 is 0 Å². The van der Waals surface area contributed by atoms with Gasteiger partial charge < -0.3 is 19.3 Å². The molecule has 1 N–H and O–H groups in total.